The van der Waals surface area contributed by atoms with Crippen molar-refractivity contribution in [2.24, 2.45) is 5.92 Å². The van der Waals surface area contributed by atoms with E-state index >= 15 is 0 Å². The van der Waals surface area contributed by atoms with Gasteiger partial charge in [-0.3, -0.25) is 10.0 Å². The Balaban J connectivity index is 2.77. The van der Waals surface area contributed by atoms with Crippen molar-refractivity contribution in [1.82, 2.24) is 5.06 Å². The van der Waals surface area contributed by atoms with E-state index in [0.29, 0.717) is 5.76 Å². The van der Waals surface area contributed by atoms with Crippen LogP contribution in [0.5, 0.6) is 0 Å². The maximum Gasteiger partial charge on any atom is 0.249 e. The summed E-state index contributed by atoms with van der Waals surface area (Å²) in [5.41, 5.74) is 0. The van der Waals surface area contributed by atoms with E-state index < -0.39 is 6.04 Å². The molecule has 0 aliphatic heterocycles. The topological polar surface area (TPSA) is 53.7 Å². The zero-order valence-corrected chi connectivity index (χ0v) is 10.2. The fraction of sp³-hybridized carbons (Fsp3) is 0.583. The number of aryl methyl sites for hydroxylation is 1. The summed E-state index contributed by atoms with van der Waals surface area (Å²) in [5, 5.41) is 10.5. The predicted molar refractivity (Wildman–Crippen MR) is 60.0 cm³/mol. The summed E-state index contributed by atoms with van der Waals surface area (Å²) >= 11 is 0. The van der Waals surface area contributed by atoms with Crippen LogP contribution in [0, 0.1) is 5.92 Å². The van der Waals surface area contributed by atoms with Gasteiger partial charge in [-0.25, -0.2) is 5.06 Å². The van der Waals surface area contributed by atoms with Gasteiger partial charge in [0.25, 0.3) is 0 Å². The summed E-state index contributed by atoms with van der Waals surface area (Å²) in [4.78, 5) is 11.6. The molecule has 0 bridgehead atoms. The molecule has 0 aliphatic carbocycles. The average molecular weight is 225 g/mol. The Morgan fingerprint density at radius 1 is 1.44 bits per heavy atom. The van der Waals surface area contributed by atoms with E-state index in [2.05, 4.69) is 0 Å². The third kappa shape index (κ3) is 2.64. The molecule has 4 nitrogen and oxygen atoms in total. The van der Waals surface area contributed by atoms with Crippen LogP contribution in [-0.4, -0.2) is 16.2 Å². The smallest absolute Gasteiger partial charge is 0.249 e. The molecule has 1 rings (SSSR count). The summed E-state index contributed by atoms with van der Waals surface area (Å²) in [5.74, 6) is 0.926. The second kappa shape index (κ2) is 5.16. The number of furan rings is 1. The molecule has 0 radical (unpaired) electrons. The lowest BCUT2D eigenvalue weighted by molar-refractivity contribution is -0.180. The van der Waals surface area contributed by atoms with Gasteiger partial charge in [-0.2, -0.15) is 0 Å². The number of hydrogen-bond donors (Lipinski definition) is 1. The number of hydrogen-bond acceptors (Lipinski definition) is 3. The van der Waals surface area contributed by atoms with E-state index in [9.17, 15) is 10.0 Å². The zero-order chi connectivity index (χ0) is 12.3. The predicted octanol–water partition coefficient (Wildman–Crippen LogP) is 2.78. The fourth-order valence-electron chi connectivity index (χ4n) is 1.38. The van der Waals surface area contributed by atoms with Crippen molar-refractivity contribution in [3.05, 3.63) is 23.7 Å². The third-order valence-electron chi connectivity index (χ3n) is 2.53. The molecule has 4 heteroatoms. The molecule has 0 saturated heterocycles. The fourth-order valence-corrected chi connectivity index (χ4v) is 1.38. The molecule has 1 atom stereocenters. The maximum absolute atomic E-state index is 11.6. The summed E-state index contributed by atoms with van der Waals surface area (Å²) in [6, 6.07) is 3.20. The van der Waals surface area contributed by atoms with Gasteiger partial charge in [-0.1, -0.05) is 20.8 Å². The van der Waals surface area contributed by atoms with Crippen LogP contribution in [-0.2, 0) is 11.2 Å². The summed E-state index contributed by atoms with van der Waals surface area (Å²) < 4.78 is 5.49. The second-order valence-electron chi connectivity index (χ2n) is 4.17. The van der Waals surface area contributed by atoms with E-state index in [-0.39, 0.29) is 11.8 Å². The van der Waals surface area contributed by atoms with Crippen molar-refractivity contribution >= 4 is 5.91 Å². The molecule has 0 aromatic carbocycles. The molecule has 0 aliphatic rings. The molecule has 90 valence electrons. The van der Waals surface area contributed by atoms with E-state index in [1.165, 1.54) is 0 Å². The van der Waals surface area contributed by atoms with Crippen molar-refractivity contribution in [2.75, 3.05) is 0 Å². The lowest BCUT2D eigenvalue weighted by Crippen LogP contribution is -2.33. The van der Waals surface area contributed by atoms with Gasteiger partial charge in [0.1, 0.15) is 17.6 Å². The van der Waals surface area contributed by atoms with Gasteiger partial charge in [0, 0.05) is 12.3 Å². The first-order chi connectivity index (χ1) is 7.47. The Morgan fingerprint density at radius 3 is 2.50 bits per heavy atom. The first kappa shape index (κ1) is 12.8. The molecule has 0 fully saturated rings. The van der Waals surface area contributed by atoms with Crippen molar-refractivity contribution in [3.63, 3.8) is 0 Å². The quantitative estimate of drug-likeness (QED) is 0.633. The van der Waals surface area contributed by atoms with Crippen LogP contribution < -0.4 is 0 Å². The van der Waals surface area contributed by atoms with Crippen LogP contribution in [0.1, 0.15) is 45.3 Å². The molecule has 1 aromatic heterocycles. The van der Waals surface area contributed by atoms with Crippen LogP contribution in [0.3, 0.4) is 0 Å². The van der Waals surface area contributed by atoms with Crippen LogP contribution >= 0.6 is 0 Å². The Labute approximate surface area is 95.8 Å². The van der Waals surface area contributed by atoms with Crippen molar-refractivity contribution in [2.45, 2.75) is 40.2 Å². The minimum atomic E-state index is -0.449. The van der Waals surface area contributed by atoms with Crippen LogP contribution in [0.25, 0.3) is 0 Å². The average Bonchev–Trinajstić information content (AvgIpc) is 2.74. The number of amides is 1. The highest BCUT2D eigenvalue weighted by molar-refractivity contribution is 5.77. The van der Waals surface area contributed by atoms with Crippen LogP contribution in [0.2, 0.25) is 0 Å². The van der Waals surface area contributed by atoms with Gasteiger partial charge < -0.3 is 4.42 Å². The highest BCUT2D eigenvalue weighted by Crippen LogP contribution is 2.22. The van der Waals surface area contributed by atoms with E-state index in [1.54, 1.807) is 26.8 Å². The van der Waals surface area contributed by atoms with Crippen molar-refractivity contribution in [1.29, 1.82) is 0 Å². The monoisotopic (exact) mass is 225 g/mol. The Morgan fingerprint density at radius 2 is 2.06 bits per heavy atom. The largest absolute Gasteiger partial charge is 0.464 e. The lowest BCUT2D eigenvalue weighted by atomic mass is 10.1. The summed E-state index contributed by atoms with van der Waals surface area (Å²) in [7, 11) is 0. The maximum atomic E-state index is 11.6. The van der Waals surface area contributed by atoms with E-state index in [0.717, 1.165) is 17.2 Å². The molecular weight excluding hydrogens is 206 g/mol. The van der Waals surface area contributed by atoms with Gasteiger partial charge >= 0.3 is 0 Å². The molecular formula is C12H19NO3. The molecule has 1 heterocycles. The minimum Gasteiger partial charge on any atom is -0.464 e. The molecule has 1 amide bonds. The Hall–Kier alpha value is -1.29. The van der Waals surface area contributed by atoms with E-state index in [4.69, 9.17) is 4.42 Å². The van der Waals surface area contributed by atoms with E-state index in [1.807, 2.05) is 13.0 Å². The number of nitrogens with zero attached hydrogens (tertiary/aromatic N) is 1. The first-order valence-electron chi connectivity index (χ1n) is 5.57. The highest BCUT2D eigenvalue weighted by Gasteiger charge is 2.24. The van der Waals surface area contributed by atoms with Gasteiger partial charge in [0.05, 0.1) is 0 Å². The molecule has 1 N–H and O–H groups in total. The summed E-state index contributed by atoms with van der Waals surface area (Å²) in [6.07, 6.45) is 0.802. The van der Waals surface area contributed by atoms with Crippen LogP contribution in [0.4, 0.5) is 0 Å². The number of carbonyl (C=O) groups is 1. The number of carbonyl (C=O) groups excluding carboxylic acids is 1. The second-order valence-corrected chi connectivity index (χ2v) is 4.17. The highest BCUT2D eigenvalue weighted by atomic mass is 16.5. The van der Waals surface area contributed by atoms with Gasteiger partial charge in [0.2, 0.25) is 5.91 Å². The van der Waals surface area contributed by atoms with Gasteiger partial charge in [-0.15, -0.1) is 0 Å². The zero-order valence-electron chi connectivity index (χ0n) is 10.2. The molecule has 0 spiro atoms. The molecule has 0 saturated carbocycles. The minimum absolute atomic E-state index is 0.229. The Bertz CT molecular complexity index is 357. The molecule has 16 heavy (non-hydrogen) atoms. The first-order valence-corrected chi connectivity index (χ1v) is 5.57. The standard InChI is InChI=1S/C12H19NO3/c1-5-10-6-7-11(16-10)9(4)13(15)12(14)8(2)3/h6-9,15H,5H2,1-4H3. The molecule has 1 aromatic rings. The summed E-state index contributed by atoms with van der Waals surface area (Å²) in [6.45, 7) is 7.22. The lowest BCUT2D eigenvalue weighted by Gasteiger charge is -2.22. The number of rotatable bonds is 4. The van der Waals surface area contributed by atoms with Crippen molar-refractivity contribution < 1.29 is 14.4 Å². The Kier molecular flexibility index (Phi) is 4.12. The SMILES string of the molecule is CCc1ccc(C(C)N(O)C(=O)C(C)C)o1. The molecule has 1 unspecified atom stereocenters. The van der Waals surface area contributed by atoms with Gasteiger partial charge in [-0.05, 0) is 19.1 Å². The number of hydroxylamine groups is 2. The van der Waals surface area contributed by atoms with Gasteiger partial charge in [0.15, 0.2) is 0 Å². The van der Waals surface area contributed by atoms with Crippen LogP contribution in [0.15, 0.2) is 16.5 Å². The van der Waals surface area contributed by atoms with Crippen molar-refractivity contribution in [3.8, 4) is 0 Å². The third-order valence-corrected chi connectivity index (χ3v) is 2.53. The normalized spacial score (nSPS) is 12.9.